The van der Waals surface area contributed by atoms with Crippen LogP contribution in [0.5, 0.6) is 0 Å². The summed E-state index contributed by atoms with van der Waals surface area (Å²) in [7, 11) is 4.52. The molecular weight excluding hydrogens is 384 g/mol. The van der Waals surface area contributed by atoms with Crippen molar-refractivity contribution < 1.29 is 28.8 Å². The predicted molar refractivity (Wildman–Crippen MR) is 112 cm³/mol. The summed E-state index contributed by atoms with van der Waals surface area (Å²) in [6.07, 6.45) is 3.20. The Kier molecular flexibility index (Phi) is 6.84. The number of rotatable bonds is 6. The van der Waals surface area contributed by atoms with E-state index in [-0.39, 0.29) is 29.6 Å². The summed E-state index contributed by atoms with van der Waals surface area (Å²) in [5.74, 6) is -1.40. The number of esters is 2. The average Bonchev–Trinajstić information content (AvgIpc) is 2.77. The largest absolute Gasteiger partial charge is 0.465 e. The lowest BCUT2D eigenvalue weighted by Crippen LogP contribution is -3.10. The standard InChI is InChI=1S/C23H26N2O5/c1-25(20-10-6-8-15-7-4-5-9-19(15)20)14-21(26)24-18-12-16(22(27)29-2)11-17(13-18)23(28)30-3/h4-5,7,9,11-13,20H,6,8,10,14H2,1-3H3,(H,24,26)/p+1/t20-/m0/s1. The van der Waals surface area contributed by atoms with Crippen LogP contribution in [0.4, 0.5) is 5.69 Å². The number of amides is 1. The number of carbonyl (C=O) groups excluding carboxylic acids is 3. The molecule has 0 aliphatic heterocycles. The van der Waals surface area contributed by atoms with Crippen LogP contribution >= 0.6 is 0 Å². The van der Waals surface area contributed by atoms with E-state index in [9.17, 15) is 14.4 Å². The molecule has 2 atom stereocenters. The van der Waals surface area contributed by atoms with Crippen LogP contribution in [0, 0.1) is 0 Å². The fraction of sp³-hybridized carbons (Fsp3) is 0.348. The van der Waals surface area contributed by atoms with Gasteiger partial charge in [-0.1, -0.05) is 24.3 Å². The van der Waals surface area contributed by atoms with Gasteiger partial charge in [-0.15, -0.1) is 0 Å². The molecule has 2 aromatic rings. The summed E-state index contributed by atoms with van der Waals surface area (Å²) in [5, 5.41) is 2.80. The van der Waals surface area contributed by atoms with E-state index in [0.717, 1.165) is 24.2 Å². The topological polar surface area (TPSA) is 86.1 Å². The number of nitrogens with one attached hydrogen (secondary N) is 2. The zero-order valence-corrected chi connectivity index (χ0v) is 17.5. The molecule has 0 aromatic heterocycles. The van der Waals surface area contributed by atoms with Gasteiger partial charge in [0.15, 0.2) is 6.54 Å². The van der Waals surface area contributed by atoms with E-state index in [1.54, 1.807) is 0 Å². The van der Waals surface area contributed by atoms with Gasteiger partial charge >= 0.3 is 11.9 Å². The maximum absolute atomic E-state index is 12.7. The summed E-state index contributed by atoms with van der Waals surface area (Å²) >= 11 is 0. The second kappa shape index (κ2) is 9.54. The van der Waals surface area contributed by atoms with Crippen molar-refractivity contribution in [2.45, 2.75) is 25.3 Å². The summed E-state index contributed by atoms with van der Waals surface area (Å²) in [5.41, 5.74) is 3.33. The van der Waals surface area contributed by atoms with E-state index in [1.807, 2.05) is 13.1 Å². The molecule has 0 fully saturated rings. The normalized spacial score (nSPS) is 16.2. The Morgan fingerprint density at radius 3 is 2.30 bits per heavy atom. The van der Waals surface area contributed by atoms with Gasteiger partial charge in [-0.2, -0.15) is 0 Å². The summed E-state index contributed by atoms with van der Waals surface area (Å²) < 4.78 is 9.47. The number of methoxy groups -OCH3 is 2. The highest BCUT2D eigenvalue weighted by Gasteiger charge is 2.28. The molecule has 158 valence electrons. The number of fused-ring (bicyclic) bond motifs is 1. The lowest BCUT2D eigenvalue weighted by atomic mass is 9.87. The number of likely N-dealkylation sites (N-methyl/N-ethyl adjacent to an activating group) is 1. The van der Waals surface area contributed by atoms with Crippen molar-refractivity contribution in [2.75, 3.05) is 33.1 Å². The van der Waals surface area contributed by atoms with Gasteiger partial charge in [-0.25, -0.2) is 9.59 Å². The van der Waals surface area contributed by atoms with Crippen molar-refractivity contribution in [2.24, 2.45) is 0 Å². The third-order valence-electron chi connectivity index (χ3n) is 5.46. The minimum Gasteiger partial charge on any atom is -0.465 e. The van der Waals surface area contributed by atoms with Crippen LogP contribution in [0.25, 0.3) is 0 Å². The third-order valence-corrected chi connectivity index (χ3v) is 5.46. The van der Waals surface area contributed by atoms with Gasteiger partial charge < -0.3 is 19.7 Å². The average molecular weight is 411 g/mol. The number of anilines is 1. The molecule has 0 heterocycles. The second-order valence-corrected chi connectivity index (χ2v) is 7.50. The molecule has 7 heteroatoms. The molecule has 3 rings (SSSR count). The van der Waals surface area contributed by atoms with Crippen LogP contribution in [-0.4, -0.2) is 45.7 Å². The first-order chi connectivity index (χ1) is 14.4. The second-order valence-electron chi connectivity index (χ2n) is 7.50. The summed E-state index contributed by atoms with van der Waals surface area (Å²) in [4.78, 5) is 37.7. The highest BCUT2D eigenvalue weighted by Crippen LogP contribution is 2.27. The van der Waals surface area contributed by atoms with E-state index >= 15 is 0 Å². The number of benzene rings is 2. The van der Waals surface area contributed by atoms with Gasteiger partial charge in [-0.05, 0) is 36.6 Å². The monoisotopic (exact) mass is 411 g/mol. The van der Waals surface area contributed by atoms with Crippen molar-refractivity contribution in [3.63, 3.8) is 0 Å². The number of hydrogen-bond donors (Lipinski definition) is 2. The van der Waals surface area contributed by atoms with Crippen molar-refractivity contribution >= 4 is 23.5 Å². The zero-order chi connectivity index (χ0) is 21.7. The molecule has 30 heavy (non-hydrogen) atoms. The van der Waals surface area contributed by atoms with Crippen LogP contribution in [0.15, 0.2) is 42.5 Å². The number of aryl methyl sites for hydroxylation is 1. The third kappa shape index (κ3) is 4.86. The first-order valence-electron chi connectivity index (χ1n) is 9.94. The highest BCUT2D eigenvalue weighted by molar-refractivity contribution is 5.99. The molecule has 0 spiro atoms. The fourth-order valence-electron chi connectivity index (χ4n) is 4.02. The first-order valence-corrected chi connectivity index (χ1v) is 9.94. The van der Waals surface area contributed by atoms with E-state index < -0.39 is 11.9 Å². The molecule has 0 saturated carbocycles. The Hall–Kier alpha value is -3.19. The van der Waals surface area contributed by atoms with Crippen LogP contribution in [0.3, 0.4) is 0 Å². The molecule has 1 aliphatic carbocycles. The van der Waals surface area contributed by atoms with E-state index in [4.69, 9.17) is 9.47 Å². The summed E-state index contributed by atoms with van der Waals surface area (Å²) in [6.45, 7) is 0.259. The lowest BCUT2D eigenvalue weighted by Gasteiger charge is -2.30. The van der Waals surface area contributed by atoms with Crippen LogP contribution in [-0.2, 0) is 20.7 Å². The molecule has 0 radical (unpaired) electrons. The quantitative estimate of drug-likeness (QED) is 0.708. The molecule has 0 saturated heterocycles. The fourth-order valence-corrected chi connectivity index (χ4v) is 4.02. The Balaban J connectivity index is 1.74. The molecule has 7 nitrogen and oxygen atoms in total. The minimum absolute atomic E-state index is 0.164. The smallest absolute Gasteiger partial charge is 0.337 e. The van der Waals surface area contributed by atoms with E-state index in [1.165, 1.54) is 43.5 Å². The van der Waals surface area contributed by atoms with Crippen LogP contribution in [0.2, 0.25) is 0 Å². The molecule has 1 amide bonds. The highest BCUT2D eigenvalue weighted by atomic mass is 16.5. The van der Waals surface area contributed by atoms with Gasteiger partial charge in [0.25, 0.3) is 5.91 Å². The van der Waals surface area contributed by atoms with Gasteiger partial charge in [-0.3, -0.25) is 4.79 Å². The Labute approximate surface area is 176 Å². The van der Waals surface area contributed by atoms with Crippen molar-refractivity contribution in [1.82, 2.24) is 0 Å². The van der Waals surface area contributed by atoms with Crippen LogP contribution < -0.4 is 10.2 Å². The zero-order valence-electron chi connectivity index (χ0n) is 17.5. The van der Waals surface area contributed by atoms with E-state index in [2.05, 4.69) is 23.5 Å². The first kappa shape index (κ1) is 21.5. The maximum Gasteiger partial charge on any atom is 0.337 e. The molecule has 1 aliphatic rings. The Bertz CT molecular complexity index is 922. The Morgan fingerprint density at radius 1 is 1.03 bits per heavy atom. The Morgan fingerprint density at radius 2 is 1.67 bits per heavy atom. The van der Waals surface area contributed by atoms with Gasteiger partial charge in [0.1, 0.15) is 6.04 Å². The molecule has 0 bridgehead atoms. The molecule has 2 N–H and O–H groups in total. The number of ether oxygens (including phenoxy) is 2. The maximum atomic E-state index is 12.7. The minimum atomic E-state index is -0.599. The van der Waals surface area contributed by atoms with Gasteiger partial charge in [0.2, 0.25) is 0 Å². The van der Waals surface area contributed by atoms with E-state index in [0.29, 0.717) is 5.69 Å². The molecular formula is C23H27N2O5+. The lowest BCUT2D eigenvalue weighted by molar-refractivity contribution is -0.905. The van der Waals surface area contributed by atoms with Gasteiger partial charge in [0.05, 0.1) is 32.4 Å². The van der Waals surface area contributed by atoms with Crippen molar-refractivity contribution in [1.29, 1.82) is 0 Å². The number of quaternary nitrogens is 1. The van der Waals surface area contributed by atoms with Gasteiger partial charge in [0, 0.05) is 17.7 Å². The van der Waals surface area contributed by atoms with Crippen LogP contribution in [0.1, 0.15) is 50.7 Å². The number of hydrogen-bond acceptors (Lipinski definition) is 5. The molecule has 1 unspecified atom stereocenters. The van der Waals surface area contributed by atoms with Crippen molar-refractivity contribution in [3.8, 4) is 0 Å². The number of carbonyl (C=O) groups is 3. The predicted octanol–water partition coefficient (Wildman–Crippen LogP) is 1.79. The van der Waals surface area contributed by atoms with Crippen molar-refractivity contribution in [3.05, 3.63) is 64.7 Å². The summed E-state index contributed by atoms with van der Waals surface area (Å²) in [6, 6.07) is 13.0. The molecule has 2 aromatic carbocycles. The SMILES string of the molecule is COC(=O)c1cc(NC(=O)C[NH+](C)[C@H]2CCCc3ccccc32)cc(C(=O)OC)c1.